The first-order valence-corrected chi connectivity index (χ1v) is 12.8. The molecule has 0 radical (unpaired) electrons. The van der Waals surface area contributed by atoms with Gasteiger partial charge in [-0.25, -0.2) is 0 Å². The maximum absolute atomic E-state index is 12.8. The summed E-state index contributed by atoms with van der Waals surface area (Å²) in [7, 11) is 0. The summed E-state index contributed by atoms with van der Waals surface area (Å²) in [6, 6.07) is 16.7. The first kappa shape index (κ1) is 23.7. The molecule has 2 aliphatic heterocycles. The lowest BCUT2D eigenvalue weighted by molar-refractivity contribution is -0.126. The standard InChI is InChI=1S/C28H35N5O2/c1-21-7-2-3-10-25(21)27-30-26(35-31-27)20-33-15-11-24(12-16-33)28(34)29-18-22-8-6-9-23(17-22)19-32-13-4-5-14-32/h2-3,6-10,17,24H,4-5,11-16,18-20H2,1H3,(H,29,34). The molecule has 0 atom stereocenters. The third kappa shape index (κ3) is 6.16. The molecule has 184 valence electrons. The summed E-state index contributed by atoms with van der Waals surface area (Å²) in [4.78, 5) is 22.2. The van der Waals surface area contributed by atoms with Crippen molar-refractivity contribution < 1.29 is 9.32 Å². The first-order valence-electron chi connectivity index (χ1n) is 12.8. The molecule has 1 aromatic heterocycles. The molecule has 7 nitrogen and oxygen atoms in total. The first-order chi connectivity index (χ1) is 17.1. The predicted molar refractivity (Wildman–Crippen MR) is 135 cm³/mol. The molecule has 1 amide bonds. The maximum Gasteiger partial charge on any atom is 0.241 e. The van der Waals surface area contributed by atoms with Gasteiger partial charge in [-0.05, 0) is 75.5 Å². The van der Waals surface area contributed by atoms with Gasteiger partial charge in [0.05, 0.1) is 6.54 Å². The van der Waals surface area contributed by atoms with Gasteiger partial charge in [-0.15, -0.1) is 0 Å². The number of nitrogens with zero attached hydrogens (tertiary/aromatic N) is 4. The second kappa shape index (κ2) is 11.1. The van der Waals surface area contributed by atoms with Crippen molar-refractivity contribution in [2.24, 2.45) is 5.92 Å². The van der Waals surface area contributed by atoms with Gasteiger partial charge in [0.1, 0.15) is 0 Å². The van der Waals surface area contributed by atoms with Crippen LogP contribution >= 0.6 is 0 Å². The minimum atomic E-state index is 0.0595. The van der Waals surface area contributed by atoms with Crippen molar-refractivity contribution in [1.82, 2.24) is 25.3 Å². The molecule has 0 bridgehead atoms. The Hall–Kier alpha value is -3.03. The molecule has 0 saturated carbocycles. The number of nitrogens with one attached hydrogen (secondary N) is 1. The Morgan fingerprint density at radius 1 is 0.971 bits per heavy atom. The number of carbonyl (C=O) groups is 1. The lowest BCUT2D eigenvalue weighted by Gasteiger charge is -2.30. The van der Waals surface area contributed by atoms with E-state index in [0.717, 1.165) is 43.6 Å². The van der Waals surface area contributed by atoms with Crippen molar-refractivity contribution >= 4 is 5.91 Å². The van der Waals surface area contributed by atoms with Crippen LogP contribution in [0.3, 0.4) is 0 Å². The number of piperidine rings is 1. The molecule has 0 spiro atoms. The number of rotatable bonds is 8. The van der Waals surface area contributed by atoms with E-state index >= 15 is 0 Å². The molecular formula is C28H35N5O2. The van der Waals surface area contributed by atoms with Crippen LogP contribution in [0.1, 0.15) is 48.3 Å². The van der Waals surface area contributed by atoms with Gasteiger partial charge in [-0.2, -0.15) is 4.98 Å². The predicted octanol–water partition coefficient (Wildman–Crippen LogP) is 4.17. The zero-order valence-corrected chi connectivity index (χ0v) is 20.6. The van der Waals surface area contributed by atoms with E-state index in [9.17, 15) is 4.79 Å². The number of aromatic nitrogens is 2. The van der Waals surface area contributed by atoms with E-state index in [4.69, 9.17) is 4.52 Å². The molecule has 2 aliphatic rings. The van der Waals surface area contributed by atoms with Crippen molar-refractivity contribution in [3.05, 3.63) is 71.1 Å². The van der Waals surface area contributed by atoms with Crippen LogP contribution in [0.5, 0.6) is 0 Å². The van der Waals surface area contributed by atoms with Gasteiger partial charge in [-0.1, -0.05) is 53.7 Å². The second-order valence-electron chi connectivity index (χ2n) is 9.90. The minimum Gasteiger partial charge on any atom is -0.352 e. The Morgan fingerprint density at radius 2 is 1.71 bits per heavy atom. The molecule has 0 unspecified atom stereocenters. The number of amides is 1. The minimum absolute atomic E-state index is 0.0595. The summed E-state index contributed by atoms with van der Waals surface area (Å²) < 4.78 is 5.50. The van der Waals surface area contributed by atoms with Crippen LogP contribution in [0.2, 0.25) is 0 Å². The second-order valence-corrected chi connectivity index (χ2v) is 9.90. The SMILES string of the molecule is Cc1ccccc1-c1noc(CN2CCC(C(=O)NCc3cccc(CN4CCCC4)c3)CC2)n1. The summed E-state index contributed by atoms with van der Waals surface area (Å²) in [6.07, 6.45) is 4.30. The molecule has 1 N–H and O–H groups in total. The average Bonchev–Trinajstić information content (AvgIpc) is 3.56. The van der Waals surface area contributed by atoms with Crippen LogP contribution < -0.4 is 5.32 Å². The van der Waals surface area contributed by atoms with Crippen molar-refractivity contribution in [3.8, 4) is 11.4 Å². The number of carbonyl (C=O) groups excluding carboxylic acids is 1. The van der Waals surface area contributed by atoms with Gasteiger partial charge in [0.15, 0.2) is 0 Å². The molecular weight excluding hydrogens is 438 g/mol. The fraction of sp³-hybridized carbons (Fsp3) is 0.464. The van der Waals surface area contributed by atoms with Crippen molar-refractivity contribution in [2.45, 2.75) is 52.2 Å². The molecule has 7 heteroatoms. The third-order valence-corrected chi connectivity index (χ3v) is 7.23. The van der Waals surface area contributed by atoms with E-state index in [1.807, 2.05) is 31.2 Å². The molecule has 3 aromatic rings. The normalized spacial score (nSPS) is 17.6. The summed E-state index contributed by atoms with van der Waals surface area (Å²) in [6.45, 7) is 8.36. The number of hydrogen-bond acceptors (Lipinski definition) is 6. The number of hydrogen-bond donors (Lipinski definition) is 1. The average molecular weight is 474 g/mol. The monoisotopic (exact) mass is 473 g/mol. The highest BCUT2D eigenvalue weighted by molar-refractivity contribution is 5.78. The van der Waals surface area contributed by atoms with Gasteiger partial charge >= 0.3 is 0 Å². The topological polar surface area (TPSA) is 74.5 Å². The largest absolute Gasteiger partial charge is 0.352 e. The Kier molecular flexibility index (Phi) is 7.54. The van der Waals surface area contributed by atoms with E-state index in [1.165, 1.54) is 37.1 Å². The lowest BCUT2D eigenvalue weighted by Crippen LogP contribution is -2.40. The van der Waals surface area contributed by atoms with E-state index < -0.39 is 0 Å². The summed E-state index contributed by atoms with van der Waals surface area (Å²) in [5.74, 6) is 1.48. The molecule has 2 saturated heterocycles. The quantitative estimate of drug-likeness (QED) is 0.529. The van der Waals surface area contributed by atoms with Crippen LogP contribution in [0.15, 0.2) is 53.1 Å². The van der Waals surface area contributed by atoms with Crippen LogP contribution in [0.25, 0.3) is 11.4 Å². The molecule has 2 fully saturated rings. The lowest BCUT2D eigenvalue weighted by atomic mass is 9.96. The molecule has 2 aromatic carbocycles. The molecule has 3 heterocycles. The van der Waals surface area contributed by atoms with Crippen LogP contribution in [0.4, 0.5) is 0 Å². The van der Waals surface area contributed by atoms with E-state index in [2.05, 4.69) is 49.5 Å². The Balaban J connectivity index is 1.07. The smallest absolute Gasteiger partial charge is 0.241 e. The van der Waals surface area contributed by atoms with Crippen LogP contribution in [-0.2, 0) is 24.4 Å². The van der Waals surface area contributed by atoms with E-state index in [-0.39, 0.29) is 11.8 Å². The third-order valence-electron chi connectivity index (χ3n) is 7.23. The van der Waals surface area contributed by atoms with E-state index in [1.54, 1.807) is 0 Å². The maximum atomic E-state index is 12.8. The summed E-state index contributed by atoms with van der Waals surface area (Å²) >= 11 is 0. The highest BCUT2D eigenvalue weighted by atomic mass is 16.5. The van der Waals surface area contributed by atoms with Crippen molar-refractivity contribution in [1.29, 1.82) is 0 Å². The summed E-state index contributed by atoms with van der Waals surface area (Å²) in [5.41, 5.74) is 4.64. The Bertz CT molecular complexity index is 1130. The summed E-state index contributed by atoms with van der Waals surface area (Å²) in [5, 5.41) is 7.33. The van der Waals surface area contributed by atoms with Crippen molar-refractivity contribution in [2.75, 3.05) is 26.2 Å². The fourth-order valence-electron chi connectivity index (χ4n) is 5.17. The molecule has 0 aliphatic carbocycles. The zero-order chi connectivity index (χ0) is 24.0. The zero-order valence-electron chi connectivity index (χ0n) is 20.6. The van der Waals surface area contributed by atoms with E-state index in [0.29, 0.717) is 24.8 Å². The van der Waals surface area contributed by atoms with Gasteiger partial charge in [0.25, 0.3) is 0 Å². The number of likely N-dealkylation sites (tertiary alicyclic amines) is 2. The van der Waals surface area contributed by atoms with Crippen LogP contribution in [-0.4, -0.2) is 52.0 Å². The van der Waals surface area contributed by atoms with Gasteiger partial charge in [-0.3, -0.25) is 14.6 Å². The van der Waals surface area contributed by atoms with Gasteiger partial charge in [0.2, 0.25) is 17.6 Å². The Labute approximate surface area is 207 Å². The fourth-order valence-corrected chi connectivity index (χ4v) is 5.17. The Morgan fingerprint density at radius 3 is 2.51 bits per heavy atom. The van der Waals surface area contributed by atoms with Crippen LogP contribution in [0, 0.1) is 12.8 Å². The molecule has 5 rings (SSSR count). The number of benzene rings is 2. The highest BCUT2D eigenvalue weighted by Gasteiger charge is 2.26. The van der Waals surface area contributed by atoms with Gasteiger partial charge < -0.3 is 9.84 Å². The van der Waals surface area contributed by atoms with Crippen molar-refractivity contribution in [3.63, 3.8) is 0 Å². The van der Waals surface area contributed by atoms with Gasteiger partial charge in [0, 0.05) is 24.6 Å². The highest BCUT2D eigenvalue weighted by Crippen LogP contribution is 2.22. The molecule has 35 heavy (non-hydrogen) atoms. The number of aryl methyl sites for hydroxylation is 1.